The van der Waals surface area contributed by atoms with Gasteiger partial charge in [-0.3, -0.25) is 0 Å². The molecule has 0 saturated heterocycles. The molecular weight excluding hydrogens is 140 g/mol. The van der Waals surface area contributed by atoms with Crippen LogP contribution in [-0.2, 0) is 0 Å². The third-order valence-corrected chi connectivity index (χ3v) is 2.59. The molecule has 0 bridgehead atoms. The summed E-state index contributed by atoms with van der Waals surface area (Å²) in [4.78, 5) is 0. The first-order valence-electron chi connectivity index (χ1n) is 4.08. The average molecular weight is 156 g/mol. The Morgan fingerprint density at radius 1 is 1.73 bits per heavy atom. The van der Waals surface area contributed by atoms with Crippen LogP contribution in [0.2, 0.25) is 0 Å². The summed E-state index contributed by atoms with van der Waals surface area (Å²) < 4.78 is 0. The zero-order chi connectivity index (χ0) is 8.48. The zero-order valence-corrected chi connectivity index (χ0v) is 7.01. The number of aliphatic hydroxyl groups is 2. The molecule has 0 aromatic rings. The van der Waals surface area contributed by atoms with Gasteiger partial charge in [0.25, 0.3) is 0 Å². The van der Waals surface area contributed by atoms with E-state index in [0.717, 1.165) is 6.42 Å². The van der Waals surface area contributed by atoms with Crippen molar-refractivity contribution in [2.24, 2.45) is 5.92 Å². The third kappa shape index (κ3) is 1.82. The molecule has 11 heavy (non-hydrogen) atoms. The smallest absolute Gasteiger partial charge is 0.0886 e. The van der Waals surface area contributed by atoms with E-state index in [2.05, 4.69) is 6.58 Å². The summed E-state index contributed by atoms with van der Waals surface area (Å²) in [5.41, 5.74) is 0.365. The second kappa shape index (κ2) is 2.95. The van der Waals surface area contributed by atoms with E-state index in [1.807, 2.05) is 6.92 Å². The minimum absolute atomic E-state index is 0.120. The van der Waals surface area contributed by atoms with E-state index >= 15 is 0 Å². The first-order chi connectivity index (χ1) is 5.07. The molecule has 0 aromatic carbocycles. The Bertz CT molecular complexity index is 165. The molecule has 2 N–H and O–H groups in total. The topological polar surface area (TPSA) is 40.5 Å². The van der Waals surface area contributed by atoms with Gasteiger partial charge in [0.2, 0.25) is 0 Å². The van der Waals surface area contributed by atoms with Crippen LogP contribution in [0.4, 0.5) is 0 Å². The fourth-order valence-electron chi connectivity index (χ4n) is 1.60. The molecule has 1 aliphatic rings. The van der Waals surface area contributed by atoms with Crippen molar-refractivity contribution in [3.05, 3.63) is 12.2 Å². The highest BCUT2D eigenvalue weighted by Gasteiger charge is 2.33. The van der Waals surface area contributed by atoms with E-state index in [1.54, 1.807) is 0 Å². The van der Waals surface area contributed by atoms with E-state index < -0.39 is 5.60 Å². The van der Waals surface area contributed by atoms with Crippen LogP contribution in [0.25, 0.3) is 0 Å². The normalized spacial score (nSPS) is 39.2. The van der Waals surface area contributed by atoms with Gasteiger partial charge in [-0.1, -0.05) is 19.1 Å². The van der Waals surface area contributed by atoms with E-state index in [0.29, 0.717) is 18.8 Å². The van der Waals surface area contributed by atoms with Crippen molar-refractivity contribution >= 4 is 0 Å². The summed E-state index contributed by atoms with van der Waals surface area (Å²) >= 11 is 0. The van der Waals surface area contributed by atoms with E-state index in [-0.39, 0.29) is 6.61 Å². The van der Waals surface area contributed by atoms with Gasteiger partial charge in [0.05, 0.1) is 12.2 Å². The van der Waals surface area contributed by atoms with E-state index in [4.69, 9.17) is 5.11 Å². The molecule has 0 spiro atoms. The van der Waals surface area contributed by atoms with Crippen LogP contribution in [0.1, 0.15) is 26.2 Å². The molecule has 0 unspecified atom stereocenters. The number of hydrogen-bond acceptors (Lipinski definition) is 2. The molecule has 0 aromatic heterocycles. The Balaban J connectivity index is 2.58. The van der Waals surface area contributed by atoms with E-state index in [1.165, 1.54) is 5.57 Å². The van der Waals surface area contributed by atoms with Gasteiger partial charge in [-0.25, -0.2) is 0 Å². The largest absolute Gasteiger partial charge is 0.393 e. The molecule has 2 nitrogen and oxygen atoms in total. The van der Waals surface area contributed by atoms with Crippen LogP contribution in [0.3, 0.4) is 0 Å². The molecule has 0 heterocycles. The fraction of sp³-hybridized carbons (Fsp3) is 0.778. The summed E-state index contributed by atoms with van der Waals surface area (Å²) in [6.07, 6.45) is 2.16. The van der Waals surface area contributed by atoms with Crippen molar-refractivity contribution in [1.29, 1.82) is 0 Å². The second-order valence-electron chi connectivity index (χ2n) is 3.65. The van der Waals surface area contributed by atoms with Crippen LogP contribution in [0.5, 0.6) is 0 Å². The SMILES string of the molecule is C=C1CC[C@@](O)(CO)C[C@H]1C. The summed E-state index contributed by atoms with van der Waals surface area (Å²) in [7, 11) is 0. The number of rotatable bonds is 1. The van der Waals surface area contributed by atoms with Gasteiger partial charge in [-0.05, 0) is 25.2 Å². The zero-order valence-electron chi connectivity index (χ0n) is 7.01. The first-order valence-corrected chi connectivity index (χ1v) is 4.08. The molecule has 0 radical (unpaired) electrons. The Kier molecular flexibility index (Phi) is 2.35. The predicted octanol–water partition coefficient (Wildman–Crippen LogP) is 1.09. The molecule has 1 fully saturated rings. The minimum Gasteiger partial charge on any atom is -0.393 e. The second-order valence-corrected chi connectivity index (χ2v) is 3.65. The van der Waals surface area contributed by atoms with Gasteiger partial charge in [0, 0.05) is 0 Å². The Hall–Kier alpha value is -0.340. The van der Waals surface area contributed by atoms with Crippen molar-refractivity contribution in [1.82, 2.24) is 0 Å². The van der Waals surface area contributed by atoms with Gasteiger partial charge in [-0.2, -0.15) is 0 Å². The molecule has 2 heteroatoms. The molecule has 1 aliphatic carbocycles. The van der Waals surface area contributed by atoms with Gasteiger partial charge in [0.1, 0.15) is 0 Å². The number of aliphatic hydroxyl groups excluding tert-OH is 1. The van der Waals surface area contributed by atoms with Crippen molar-refractivity contribution in [3.8, 4) is 0 Å². The summed E-state index contributed by atoms with van der Waals surface area (Å²) in [6, 6.07) is 0. The molecule has 64 valence electrons. The predicted molar refractivity (Wildman–Crippen MR) is 44.2 cm³/mol. The number of hydrogen-bond donors (Lipinski definition) is 2. The molecule has 2 atom stereocenters. The lowest BCUT2D eigenvalue weighted by molar-refractivity contribution is -0.0445. The molecular formula is C9H16O2. The molecule has 1 saturated carbocycles. The van der Waals surface area contributed by atoms with Crippen LogP contribution in [0, 0.1) is 5.92 Å². The molecule has 0 amide bonds. The van der Waals surface area contributed by atoms with Crippen molar-refractivity contribution in [2.75, 3.05) is 6.61 Å². The average Bonchev–Trinajstić information content (AvgIpc) is 1.98. The van der Waals surface area contributed by atoms with Crippen LogP contribution in [0.15, 0.2) is 12.2 Å². The van der Waals surface area contributed by atoms with Gasteiger partial charge in [0.15, 0.2) is 0 Å². The summed E-state index contributed by atoms with van der Waals surface area (Å²) in [5.74, 6) is 0.348. The highest BCUT2D eigenvalue weighted by molar-refractivity contribution is 5.07. The van der Waals surface area contributed by atoms with Crippen LogP contribution < -0.4 is 0 Å². The van der Waals surface area contributed by atoms with Crippen LogP contribution in [-0.4, -0.2) is 22.4 Å². The van der Waals surface area contributed by atoms with Gasteiger partial charge in [-0.15, -0.1) is 0 Å². The fourth-order valence-corrected chi connectivity index (χ4v) is 1.60. The Labute approximate surface area is 67.6 Å². The standard InChI is InChI=1S/C9H16O2/c1-7-3-4-9(11,6-10)5-8(7)2/h8,10-11H,1,3-6H2,2H3/t8-,9+/m1/s1. The van der Waals surface area contributed by atoms with Crippen molar-refractivity contribution in [3.63, 3.8) is 0 Å². The maximum Gasteiger partial charge on any atom is 0.0886 e. The third-order valence-electron chi connectivity index (χ3n) is 2.59. The van der Waals surface area contributed by atoms with Gasteiger partial charge >= 0.3 is 0 Å². The van der Waals surface area contributed by atoms with E-state index in [9.17, 15) is 5.11 Å². The van der Waals surface area contributed by atoms with Gasteiger partial charge < -0.3 is 10.2 Å². The summed E-state index contributed by atoms with van der Waals surface area (Å²) in [5, 5.41) is 18.6. The highest BCUT2D eigenvalue weighted by atomic mass is 16.3. The first kappa shape index (κ1) is 8.75. The van der Waals surface area contributed by atoms with Crippen molar-refractivity contribution < 1.29 is 10.2 Å². The minimum atomic E-state index is -0.833. The monoisotopic (exact) mass is 156 g/mol. The Morgan fingerprint density at radius 2 is 2.36 bits per heavy atom. The van der Waals surface area contributed by atoms with Crippen molar-refractivity contribution in [2.45, 2.75) is 31.8 Å². The maximum atomic E-state index is 9.68. The summed E-state index contributed by atoms with van der Waals surface area (Å²) in [6.45, 7) is 5.83. The lowest BCUT2D eigenvalue weighted by Gasteiger charge is -2.35. The lowest BCUT2D eigenvalue weighted by atomic mass is 9.77. The van der Waals surface area contributed by atoms with Crippen LogP contribution >= 0.6 is 0 Å². The molecule has 1 rings (SSSR count). The molecule has 0 aliphatic heterocycles. The lowest BCUT2D eigenvalue weighted by Crippen LogP contribution is -2.38. The highest BCUT2D eigenvalue weighted by Crippen LogP contribution is 2.34. The maximum absolute atomic E-state index is 9.68. The Morgan fingerprint density at radius 3 is 2.82 bits per heavy atom. The quantitative estimate of drug-likeness (QED) is 0.558. The number of allylic oxidation sites excluding steroid dienone is 1.